The van der Waals surface area contributed by atoms with Gasteiger partial charge in [-0.1, -0.05) is 33.6 Å². The van der Waals surface area contributed by atoms with Gasteiger partial charge < -0.3 is 15.7 Å². The van der Waals surface area contributed by atoms with Gasteiger partial charge in [0, 0.05) is 17.5 Å². The Balaban J connectivity index is 2.45. The lowest BCUT2D eigenvalue weighted by Gasteiger charge is -2.31. The predicted molar refractivity (Wildman–Crippen MR) is 73.4 cm³/mol. The van der Waals surface area contributed by atoms with Crippen LogP contribution in [-0.4, -0.2) is 29.8 Å². The third-order valence-electron chi connectivity index (χ3n) is 4.60. The van der Waals surface area contributed by atoms with E-state index in [1.165, 1.54) is 0 Å². The summed E-state index contributed by atoms with van der Waals surface area (Å²) in [5.41, 5.74) is -0.156. The molecule has 1 saturated carbocycles. The van der Waals surface area contributed by atoms with Crippen LogP contribution in [0, 0.1) is 11.3 Å². The first kappa shape index (κ1) is 15.3. The summed E-state index contributed by atoms with van der Waals surface area (Å²) in [5.74, 6) is 0.476. The number of amides is 2. The van der Waals surface area contributed by atoms with Crippen molar-refractivity contribution in [2.24, 2.45) is 11.3 Å². The molecule has 0 bridgehead atoms. The average molecular weight is 256 g/mol. The maximum atomic E-state index is 11.9. The van der Waals surface area contributed by atoms with Crippen LogP contribution in [0.3, 0.4) is 0 Å². The van der Waals surface area contributed by atoms with Crippen molar-refractivity contribution in [1.29, 1.82) is 0 Å². The van der Waals surface area contributed by atoms with Crippen molar-refractivity contribution in [2.75, 3.05) is 6.61 Å². The number of rotatable bonds is 5. The Morgan fingerprint density at radius 1 is 1.50 bits per heavy atom. The number of nitrogens with one attached hydrogen (secondary N) is 2. The van der Waals surface area contributed by atoms with Gasteiger partial charge in [0.05, 0.1) is 6.61 Å². The van der Waals surface area contributed by atoms with Crippen molar-refractivity contribution in [3.05, 3.63) is 0 Å². The highest BCUT2D eigenvalue weighted by atomic mass is 16.3. The van der Waals surface area contributed by atoms with Gasteiger partial charge in [0.15, 0.2) is 0 Å². The van der Waals surface area contributed by atoms with E-state index in [0.29, 0.717) is 5.92 Å². The summed E-state index contributed by atoms with van der Waals surface area (Å²) in [6.45, 7) is 8.48. The van der Waals surface area contributed by atoms with Gasteiger partial charge in [-0.05, 0) is 25.7 Å². The van der Waals surface area contributed by atoms with E-state index in [2.05, 4.69) is 24.5 Å². The van der Waals surface area contributed by atoms with Gasteiger partial charge in [-0.2, -0.15) is 0 Å². The molecule has 0 aromatic rings. The van der Waals surface area contributed by atoms with Gasteiger partial charge >= 0.3 is 6.03 Å². The van der Waals surface area contributed by atoms with Gasteiger partial charge in [0.1, 0.15) is 0 Å². The maximum Gasteiger partial charge on any atom is 0.315 e. The molecule has 0 aromatic heterocycles. The first-order valence-electron chi connectivity index (χ1n) is 7.11. The van der Waals surface area contributed by atoms with Gasteiger partial charge in [-0.3, -0.25) is 0 Å². The second-order valence-corrected chi connectivity index (χ2v) is 6.05. The van der Waals surface area contributed by atoms with E-state index in [1.54, 1.807) is 0 Å². The molecule has 4 heteroatoms. The standard InChI is InChI=1S/C14H28N2O2/c1-5-10(2)11(3)15-13(18)16-12-7-6-8-14(12,4)9-17/h10-12,17H,5-9H2,1-4H3,(H2,15,16,18). The molecule has 0 heterocycles. The van der Waals surface area contributed by atoms with Crippen LogP contribution in [0.4, 0.5) is 4.79 Å². The van der Waals surface area contributed by atoms with E-state index in [0.717, 1.165) is 25.7 Å². The molecule has 4 atom stereocenters. The minimum atomic E-state index is -0.156. The molecule has 0 radical (unpaired) electrons. The van der Waals surface area contributed by atoms with Crippen LogP contribution >= 0.6 is 0 Å². The summed E-state index contributed by atoms with van der Waals surface area (Å²) < 4.78 is 0. The Morgan fingerprint density at radius 3 is 2.72 bits per heavy atom. The Hall–Kier alpha value is -0.770. The van der Waals surface area contributed by atoms with Crippen molar-refractivity contribution in [3.63, 3.8) is 0 Å². The third kappa shape index (κ3) is 3.61. The zero-order valence-electron chi connectivity index (χ0n) is 12.1. The van der Waals surface area contributed by atoms with E-state index in [4.69, 9.17) is 0 Å². The molecule has 4 nitrogen and oxygen atoms in total. The second kappa shape index (κ2) is 6.41. The molecule has 106 valence electrons. The minimum Gasteiger partial charge on any atom is -0.396 e. The molecule has 18 heavy (non-hydrogen) atoms. The second-order valence-electron chi connectivity index (χ2n) is 6.05. The van der Waals surface area contributed by atoms with E-state index in [9.17, 15) is 9.90 Å². The summed E-state index contributed by atoms with van der Waals surface area (Å²) in [6, 6.07) is 0.165. The molecule has 1 rings (SSSR count). The fourth-order valence-electron chi connectivity index (χ4n) is 2.57. The Morgan fingerprint density at radius 2 is 2.17 bits per heavy atom. The smallest absolute Gasteiger partial charge is 0.315 e. The van der Waals surface area contributed by atoms with Crippen LogP contribution in [-0.2, 0) is 0 Å². The van der Waals surface area contributed by atoms with Crippen molar-refractivity contribution in [1.82, 2.24) is 10.6 Å². The molecule has 0 aromatic carbocycles. The summed E-state index contributed by atoms with van der Waals surface area (Å²) in [4.78, 5) is 11.9. The number of urea groups is 1. The number of carbonyl (C=O) groups excluding carboxylic acids is 1. The number of carbonyl (C=O) groups is 1. The minimum absolute atomic E-state index is 0.0895. The normalized spacial score (nSPS) is 30.8. The molecular weight excluding hydrogens is 228 g/mol. The summed E-state index contributed by atoms with van der Waals surface area (Å²) in [7, 11) is 0. The van der Waals surface area contributed by atoms with Crippen LogP contribution in [0.2, 0.25) is 0 Å². The molecule has 1 fully saturated rings. The van der Waals surface area contributed by atoms with Crippen molar-refractivity contribution < 1.29 is 9.90 Å². The SMILES string of the molecule is CCC(C)C(C)NC(=O)NC1CCCC1(C)CO. The van der Waals surface area contributed by atoms with Gasteiger partial charge in [0.25, 0.3) is 0 Å². The molecule has 0 saturated heterocycles. The summed E-state index contributed by atoms with van der Waals surface area (Å²) in [5, 5.41) is 15.5. The largest absolute Gasteiger partial charge is 0.396 e. The number of aliphatic hydroxyl groups is 1. The first-order chi connectivity index (χ1) is 8.42. The predicted octanol–water partition coefficient (Wildman–Crippen LogP) is 2.27. The highest BCUT2D eigenvalue weighted by Gasteiger charge is 2.39. The lowest BCUT2D eigenvalue weighted by molar-refractivity contribution is 0.120. The Kier molecular flexibility index (Phi) is 5.45. The molecule has 1 aliphatic rings. The molecule has 3 N–H and O–H groups in total. The van der Waals surface area contributed by atoms with Gasteiger partial charge in [0.2, 0.25) is 0 Å². The zero-order valence-corrected chi connectivity index (χ0v) is 12.1. The Bertz CT molecular complexity index is 283. The molecule has 0 spiro atoms. The van der Waals surface area contributed by atoms with Crippen molar-refractivity contribution in [2.45, 2.75) is 65.5 Å². The lowest BCUT2D eigenvalue weighted by Crippen LogP contribution is -2.51. The van der Waals surface area contributed by atoms with Crippen molar-refractivity contribution >= 4 is 6.03 Å². The van der Waals surface area contributed by atoms with Crippen LogP contribution in [0.5, 0.6) is 0 Å². The van der Waals surface area contributed by atoms with E-state index < -0.39 is 0 Å². The number of hydrogen-bond donors (Lipinski definition) is 3. The maximum absolute atomic E-state index is 11.9. The van der Waals surface area contributed by atoms with Crippen LogP contribution in [0.25, 0.3) is 0 Å². The average Bonchev–Trinajstić information content (AvgIpc) is 2.70. The molecule has 1 aliphatic carbocycles. The van der Waals surface area contributed by atoms with Crippen LogP contribution < -0.4 is 10.6 Å². The quantitative estimate of drug-likeness (QED) is 0.706. The topological polar surface area (TPSA) is 61.4 Å². The van der Waals surface area contributed by atoms with E-state index in [-0.39, 0.29) is 30.1 Å². The number of hydrogen-bond acceptors (Lipinski definition) is 2. The fourth-order valence-corrected chi connectivity index (χ4v) is 2.57. The van der Waals surface area contributed by atoms with Gasteiger partial charge in [-0.25, -0.2) is 4.79 Å². The van der Waals surface area contributed by atoms with Crippen molar-refractivity contribution in [3.8, 4) is 0 Å². The van der Waals surface area contributed by atoms with E-state index in [1.807, 2.05) is 13.8 Å². The highest BCUT2D eigenvalue weighted by Crippen LogP contribution is 2.37. The van der Waals surface area contributed by atoms with E-state index >= 15 is 0 Å². The molecular formula is C14H28N2O2. The zero-order chi connectivity index (χ0) is 13.8. The van der Waals surface area contributed by atoms with Crippen LogP contribution in [0.15, 0.2) is 0 Å². The third-order valence-corrected chi connectivity index (χ3v) is 4.60. The number of aliphatic hydroxyl groups excluding tert-OH is 1. The molecule has 0 aliphatic heterocycles. The fraction of sp³-hybridized carbons (Fsp3) is 0.929. The van der Waals surface area contributed by atoms with Gasteiger partial charge in [-0.15, -0.1) is 0 Å². The first-order valence-corrected chi connectivity index (χ1v) is 7.11. The Labute approximate surface area is 111 Å². The highest BCUT2D eigenvalue weighted by molar-refractivity contribution is 5.74. The molecule has 2 amide bonds. The summed E-state index contributed by atoms with van der Waals surface area (Å²) in [6.07, 6.45) is 4.07. The van der Waals surface area contributed by atoms with Crippen LogP contribution in [0.1, 0.15) is 53.4 Å². The molecule has 4 unspecified atom stereocenters. The lowest BCUT2D eigenvalue weighted by atomic mass is 9.86. The monoisotopic (exact) mass is 256 g/mol. The summed E-state index contributed by atoms with van der Waals surface area (Å²) >= 11 is 0.